The lowest BCUT2D eigenvalue weighted by molar-refractivity contribution is -0.122. The van der Waals surface area contributed by atoms with Crippen molar-refractivity contribution in [2.24, 2.45) is 5.92 Å². The van der Waals surface area contributed by atoms with E-state index in [1.54, 1.807) is 11.2 Å². The zero-order valence-corrected chi connectivity index (χ0v) is 22.0. The Balaban J connectivity index is 1.26. The number of anilines is 1. The lowest BCUT2D eigenvalue weighted by Gasteiger charge is -2.34. The maximum absolute atomic E-state index is 13.3. The van der Waals surface area contributed by atoms with Gasteiger partial charge in [-0.1, -0.05) is 72.5 Å². The van der Waals surface area contributed by atoms with Crippen LogP contribution >= 0.6 is 24.0 Å². The molecule has 2 fully saturated rings. The van der Waals surface area contributed by atoms with Gasteiger partial charge in [-0.2, -0.15) is 0 Å². The molecule has 0 bridgehead atoms. The van der Waals surface area contributed by atoms with Gasteiger partial charge in [0, 0.05) is 24.0 Å². The quantitative estimate of drug-likeness (QED) is 0.207. The zero-order chi connectivity index (χ0) is 25.2. The highest BCUT2D eigenvalue weighted by molar-refractivity contribution is 8.26. The third kappa shape index (κ3) is 5.20. The number of benzene rings is 2. The van der Waals surface area contributed by atoms with Crippen molar-refractivity contribution in [3.63, 3.8) is 0 Å². The molecule has 1 amide bonds. The van der Waals surface area contributed by atoms with E-state index in [2.05, 4.69) is 47.4 Å². The van der Waals surface area contributed by atoms with E-state index in [-0.39, 0.29) is 5.91 Å². The van der Waals surface area contributed by atoms with Gasteiger partial charge >= 0.3 is 0 Å². The van der Waals surface area contributed by atoms with Crippen molar-refractivity contribution in [1.29, 1.82) is 0 Å². The van der Waals surface area contributed by atoms with Crippen molar-refractivity contribution in [3.05, 3.63) is 101 Å². The second kappa shape index (κ2) is 10.5. The van der Waals surface area contributed by atoms with E-state index in [1.807, 2.05) is 36.4 Å². The summed E-state index contributed by atoms with van der Waals surface area (Å²) in [4.78, 5) is 23.0. The molecule has 0 atom stereocenters. The number of hydrogen-bond donors (Lipinski definition) is 0. The molecule has 2 saturated heterocycles. The van der Waals surface area contributed by atoms with E-state index in [4.69, 9.17) is 21.6 Å². The summed E-state index contributed by atoms with van der Waals surface area (Å²) in [6.07, 6.45) is 6.93. The Labute approximate surface area is 226 Å². The standard InChI is InChI=1S/C30H27N3O2S2/c34-29-27(37-30(36)33(29)20-25-10-6-16-35-25)19-24-18-23-9-4-5-11-26(23)31-28(24)32-14-12-22(13-15-32)17-21-7-2-1-3-8-21/h1-11,16,18-19,22H,12-15,17,20H2/b27-19-. The Morgan fingerprint density at radius 3 is 2.59 bits per heavy atom. The summed E-state index contributed by atoms with van der Waals surface area (Å²) in [6.45, 7) is 2.24. The molecule has 2 aliphatic heterocycles. The fourth-order valence-corrected chi connectivity index (χ4v) is 6.36. The number of piperidine rings is 1. The van der Waals surface area contributed by atoms with Gasteiger partial charge in [0.05, 0.1) is 23.2 Å². The summed E-state index contributed by atoms with van der Waals surface area (Å²) in [7, 11) is 0. The highest BCUT2D eigenvalue weighted by atomic mass is 32.2. The number of pyridine rings is 1. The molecular formula is C30H27N3O2S2. The maximum Gasteiger partial charge on any atom is 0.266 e. The third-order valence-electron chi connectivity index (χ3n) is 7.07. The molecule has 4 heterocycles. The molecule has 0 saturated carbocycles. The average Bonchev–Trinajstić information content (AvgIpc) is 3.53. The molecule has 186 valence electrons. The highest BCUT2D eigenvalue weighted by Crippen LogP contribution is 2.36. The minimum atomic E-state index is -0.0907. The van der Waals surface area contributed by atoms with Crippen LogP contribution in [0, 0.1) is 5.92 Å². The zero-order valence-electron chi connectivity index (χ0n) is 20.4. The number of aromatic nitrogens is 1. The van der Waals surface area contributed by atoms with Crippen molar-refractivity contribution in [2.45, 2.75) is 25.8 Å². The summed E-state index contributed by atoms with van der Waals surface area (Å²) in [6, 6.07) is 24.7. The first-order valence-corrected chi connectivity index (χ1v) is 13.8. The van der Waals surface area contributed by atoms with Crippen LogP contribution in [-0.2, 0) is 17.8 Å². The molecule has 37 heavy (non-hydrogen) atoms. The summed E-state index contributed by atoms with van der Waals surface area (Å²) < 4.78 is 5.99. The molecule has 2 aliphatic rings. The van der Waals surface area contributed by atoms with Crippen molar-refractivity contribution in [1.82, 2.24) is 9.88 Å². The van der Waals surface area contributed by atoms with E-state index in [1.165, 1.54) is 17.3 Å². The van der Waals surface area contributed by atoms with Gasteiger partial charge in [-0.05, 0) is 61.1 Å². The Bertz CT molecular complexity index is 1460. The predicted molar refractivity (Wildman–Crippen MR) is 154 cm³/mol. The number of amides is 1. The van der Waals surface area contributed by atoms with Crippen LogP contribution in [0.1, 0.15) is 29.7 Å². The SMILES string of the molecule is O=C1/C(=C/c2cc3ccccc3nc2N2CCC(Cc3ccccc3)CC2)SC(=S)N1Cc1ccco1. The lowest BCUT2D eigenvalue weighted by atomic mass is 9.90. The smallest absolute Gasteiger partial charge is 0.266 e. The van der Waals surface area contributed by atoms with Gasteiger partial charge in [-0.3, -0.25) is 9.69 Å². The number of furan rings is 1. The number of thiocarbonyl (C=S) groups is 1. The monoisotopic (exact) mass is 525 g/mol. The second-order valence-electron chi connectivity index (χ2n) is 9.56. The largest absolute Gasteiger partial charge is 0.467 e. The third-order valence-corrected chi connectivity index (χ3v) is 8.45. The molecule has 2 aromatic heterocycles. The number of nitrogens with zero attached hydrogens (tertiary/aromatic N) is 3. The number of carbonyl (C=O) groups is 1. The van der Waals surface area contributed by atoms with Crippen LogP contribution in [0.15, 0.2) is 88.4 Å². The molecule has 6 rings (SSSR count). The first kappa shape index (κ1) is 23.9. The number of hydrogen-bond acceptors (Lipinski definition) is 6. The highest BCUT2D eigenvalue weighted by Gasteiger charge is 2.33. The molecule has 0 N–H and O–H groups in total. The first-order valence-electron chi connectivity index (χ1n) is 12.6. The number of para-hydroxylation sites is 1. The lowest BCUT2D eigenvalue weighted by Crippen LogP contribution is -2.35. The minimum absolute atomic E-state index is 0.0907. The van der Waals surface area contributed by atoms with E-state index in [9.17, 15) is 4.79 Å². The molecule has 0 spiro atoms. The minimum Gasteiger partial charge on any atom is -0.467 e. The van der Waals surface area contributed by atoms with E-state index in [0.29, 0.717) is 27.4 Å². The summed E-state index contributed by atoms with van der Waals surface area (Å²) in [5.41, 5.74) is 3.33. The van der Waals surface area contributed by atoms with Gasteiger partial charge in [-0.15, -0.1) is 0 Å². The predicted octanol–water partition coefficient (Wildman–Crippen LogP) is 6.69. The Kier molecular flexibility index (Phi) is 6.81. The number of thioether (sulfide) groups is 1. The van der Waals surface area contributed by atoms with E-state index < -0.39 is 0 Å². The van der Waals surface area contributed by atoms with Gasteiger partial charge in [0.25, 0.3) is 5.91 Å². The normalized spacial score (nSPS) is 17.9. The van der Waals surface area contributed by atoms with Crippen LogP contribution in [0.4, 0.5) is 5.82 Å². The van der Waals surface area contributed by atoms with Gasteiger partial charge in [0.1, 0.15) is 15.9 Å². The van der Waals surface area contributed by atoms with Gasteiger partial charge in [0.2, 0.25) is 0 Å². The van der Waals surface area contributed by atoms with Crippen molar-refractivity contribution >= 4 is 57.0 Å². The van der Waals surface area contributed by atoms with Crippen molar-refractivity contribution < 1.29 is 9.21 Å². The fourth-order valence-electron chi connectivity index (χ4n) is 5.11. The molecule has 4 aromatic rings. The van der Waals surface area contributed by atoms with Crippen LogP contribution < -0.4 is 4.90 Å². The molecule has 7 heteroatoms. The average molecular weight is 526 g/mol. The van der Waals surface area contributed by atoms with Crippen LogP contribution in [-0.4, -0.2) is 33.2 Å². The van der Waals surface area contributed by atoms with Crippen LogP contribution in [0.3, 0.4) is 0 Å². The van der Waals surface area contributed by atoms with Crippen molar-refractivity contribution in [2.75, 3.05) is 18.0 Å². The van der Waals surface area contributed by atoms with Gasteiger partial charge in [0.15, 0.2) is 0 Å². The number of carbonyl (C=O) groups excluding carboxylic acids is 1. The molecule has 0 unspecified atom stereocenters. The maximum atomic E-state index is 13.3. The molecule has 5 nitrogen and oxygen atoms in total. The topological polar surface area (TPSA) is 49.6 Å². The Morgan fingerprint density at radius 1 is 1.03 bits per heavy atom. The summed E-state index contributed by atoms with van der Waals surface area (Å²) in [5, 5.41) is 1.06. The molecular weight excluding hydrogens is 498 g/mol. The van der Waals surface area contributed by atoms with Crippen LogP contribution in [0.25, 0.3) is 17.0 Å². The van der Waals surface area contributed by atoms with E-state index in [0.717, 1.165) is 54.6 Å². The molecule has 2 aromatic carbocycles. The van der Waals surface area contributed by atoms with Crippen molar-refractivity contribution in [3.8, 4) is 0 Å². The summed E-state index contributed by atoms with van der Waals surface area (Å²) >= 11 is 6.89. The van der Waals surface area contributed by atoms with Gasteiger partial charge in [-0.25, -0.2) is 4.98 Å². The number of rotatable bonds is 6. The Morgan fingerprint density at radius 2 is 1.81 bits per heavy atom. The molecule has 0 aliphatic carbocycles. The Hall–Kier alpha value is -3.42. The van der Waals surface area contributed by atoms with Crippen LogP contribution in [0.5, 0.6) is 0 Å². The fraction of sp³-hybridized carbons (Fsp3) is 0.233. The second-order valence-corrected chi connectivity index (χ2v) is 11.2. The first-order chi connectivity index (χ1) is 18.1. The molecule has 0 radical (unpaired) electrons. The summed E-state index contributed by atoms with van der Waals surface area (Å²) in [5.74, 6) is 2.23. The van der Waals surface area contributed by atoms with Gasteiger partial charge < -0.3 is 9.32 Å². The van der Waals surface area contributed by atoms with E-state index >= 15 is 0 Å². The number of fused-ring (bicyclic) bond motifs is 1. The van der Waals surface area contributed by atoms with Crippen LogP contribution in [0.2, 0.25) is 0 Å².